The van der Waals surface area contributed by atoms with Crippen LogP contribution in [0.15, 0.2) is 5.38 Å². The average Bonchev–Trinajstić information content (AvgIpc) is 2.63. The summed E-state index contributed by atoms with van der Waals surface area (Å²) in [6, 6.07) is 0. The number of hydrogen-bond acceptors (Lipinski definition) is 4. The fraction of sp³-hybridized carbons (Fsp3) is 0.600. The van der Waals surface area contributed by atoms with E-state index in [9.17, 15) is 4.79 Å². The first kappa shape index (κ1) is 12.0. The van der Waals surface area contributed by atoms with Crippen LogP contribution < -0.4 is 5.73 Å². The minimum absolute atomic E-state index is 0.187. The highest BCUT2D eigenvalue weighted by atomic mass is 32.1. The molecule has 0 aliphatic rings. The van der Waals surface area contributed by atoms with Crippen LogP contribution >= 0.6 is 11.3 Å². The fourth-order valence-corrected chi connectivity index (χ4v) is 2.00. The van der Waals surface area contributed by atoms with Crippen LogP contribution in [0.25, 0.3) is 0 Å². The summed E-state index contributed by atoms with van der Waals surface area (Å²) >= 11 is 1.42. The zero-order chi connectivity index (χ0) is 11.3. The average molecular weight is 227 g/mol. The number of thiazole rings is 1. The maximum absolute atomic E-state index is 11.7. The monoisotopic (exact) mass is 227 g/mol. The summed E-state index contributed by atoms with van der Waals surface area (Å²) in [6.07, 6.45) is 1.20. The predicted molar refractivity (Wildman–Crippen MR) is 62.8 cm³/mol. The molecule has 5 heteroatoms. The quantitative estimate of drug-likeness (QED) is 0.829. The summed E-state index contributed by atoms with van der Waals surface area (Å²) in [5.74, 6) is 0.187. The van der Waals surface area contributed by atoms with Gasteiger partial charge in [0, 0.05) is 24.9 Å². The number of hydrogen-bond donors (Lipinski definition) is 1. The minimum atomic E-state index is 0.187. The van der Waals surface area contributed by atoms with Crippen molar-refractivity contribution in [2.45, 2.75) is 26.7 Å². The highest BCUT2D eigenvalue weighted by molar-refractivity contribution is 7.13. The van der Waals surface area contributed by atoms with E-state index in [1.807, 2.05) is 24.1 Å². The first-order valence-electron chi connectivity index (χ1n) is 5.15. The third-order valence-corrected chi connectivity index (χ3v) is 3.00. The molecule has 15 heavy (non-hydrogen) atoms. The van der Waals surface area contributed by atoms with Crippen molar-refractivity contribution < 1.29 is 4.79 Å². The van der Waals surface area contributed by atoms with Crippen LogP contribution in [-0.4, -0.2) is 28.9 Å². The van der Waals surface area contributed by atoms with Crippen molar-refractivity contribution in [2.75, 3.05) is 18.8 Å². The summed E-state index contributed by atoms with van der Waals surface area (Å²) in [7, 11) is 0. The molecular formula is C10H17N3OS. The van der Waals surface area contributed by atoms with Crippen molar-refractivity contribution in [3.63, 3.8) is 0 Å². The highest BCUT2D eigenvalue weighted by Crippen LogP contribution is 2.12. The summed E-state index contributed by atoms with van der Waals surface area (Å²) in [5.41, 5.74) is 6.42. The van der Waals surface area contributed by atoms with E-state index in [1.165, 1.54) is 11.3 Å². The van der Waals surface area contributed by atoms with Gasteiger partial charge in [-0.3, -0.25) is 4.79 Å². The lowest BCUT2D eigenvalue weighted by Gasteiger charge is -2.17. The van der Waals surface area contributed by atoms with Crippen LogP contribution in [0.4, 0.5) is 5.13 Å². The van der Waals surface area contributed by atoms with Crippen molar-refractivity contribution in [3.8, 4) is 0 Å². The zero-order valence-electron chi connectivity index (χ0n) is 9.19. The van der Waals surface area contributed by atoms with Crippen LogP contribution in [-0.2, 0) is 11.2 Å². The molecule has 1 heterocycles. The molecule has 4 nitrogen and oxygen atoms in total. The summed E-state index contributed by atoms with van der Waals surface area (Å²) in [4.78, 5) is 17.6. The van der Waals surface area contributed by atoms with Gasteiger partial charge in [-0.15, -0.1) is 11.3 Å². The molecule has 1 amide bonds. The molecule has 0 aromatic carbocycles. The molecule has 0 spiro atoms. The van der Waals surface area contributed by atoms with E-state index in [-0.39, 0.29) is 5.91 Å². The third-order valence-electron chi connectivity index (χ3n) is 2.28. The molecule has 0 bridgehead atoms. The summed E-state index contributed by atoms with van der Waals surface area (Å²) in [6.45, 7) is 5.52. The lowest BCUT2D eigenvalue weighted by molar-refractivity contribution is -0.130. The van der Waals surface area contributed by atoms with Crippen LogP contribution in [0.1, 0.15) is 26.0 Å². The van der Waals surface area contributed by atoms with E-state index in [4.69, 9.17) is 5.73 Å². The Kier molecular flexibility index (Phi) is 4.55. The second-order valence-electron chi connectivity index (χ2n) is 3.24. The number of carbonyl (C=O) groups excluding carboxylic acids is 1. The summed E-state index contributed by atoms with van der Waals surface area (Å²) < 4.78 is 0. The standard InChI is InChI=1S/C10H17N3OS/c1-3-13(4-2)9(14)6-5-8-7-15-10(11)12-8/h7H,3-6H2,1-2H3,(H2,11,12). The molecule has 0 radical (unpaired) electrons. The molecule has 0 aliphatic carbocycles. The predicted octanol–water partition coefficient (Wildman–Crippen LogP) is 1.53. The zero-order valence-corrected chi connectivity index (χ0v) is 10.0. The number of nitrogen functional groups attached to an aromatic ring is 1. The van der Waals surface area contributed by atoms with E-state index in [1.54, 1.807) is 0 Å². The molecular weight excluding hydrogens is 210 g/mol. The van der Waals surface area contributed by atoms with Crippen LogP contribution in [0.3, 0.4) is 0 Å². The third kappa shape index (κ3) is 3.51. The number of carbonyl (C=O) groups is 1. The Morgan fingerprint density at radius 3 is 2.67 bits per heavy atom. The van der Waals surface area contributed by atoms with Crippen LogP contribution in [0.5, 0.6) is 0 Å². The van der Waals surface area contributed by atoms with Gasteiger partial charge in [-0.05, 0) is 20.3 Å². The minimum Gasteiger partial charge on any atom is -0.375 e. The second kappa shape index (κ2) is 5.70. The smallest absolute Gasteiger partial charge is 0.222 e. The van der Waals surface area contributed by atoms with Gasteiger partial charge in [-0.2, -0.15) is 0 Å². The van der Waals surface area contributed by atoms with Crippen molar-refractivity contribution >= 4 is 22.4 Å². The number of anilines is 1. The number of nitrogens with two attached hydrogens (primary N) is 1. The normalized spacial score (nSPS) is 10.3. The van der Waals surface area contributed by atoms with Gasteiger partial charge < -0.3 is 10.6 Å². The Morgan fingerprint density at radius 1 is 1.53 bits per heavy atom. The van der Waals surface area contributed by atoms with E-state index in [0.717, 1.165) is 18.8 Å². The Balaban J connectivity index is 2.40. The van der Waals surface area contributed by atoms with Gasteiger partial charge >= 0.3 is 0 Å². The van der Waals surface area contributed by atoms with Gasteiger partial charge in [-0.25, -0.2) is 4.98 Å². The Bertz CT molecular complexity index is 320. The molecule has 1 rings (SSSR count). The van der Waals surface area contributed by atoms with Crippen molar-refractivity contribution in [1.29, 1.82) is 0 Å². The van der Waals surface area contributed by atoms with Crippen LogP contribution in [0.2, 0.25) is 0 Å². The molecule has 1 aromatic heterocycles. The molecule has 2 N–H and O–H groups in total. The van der Waals surface area contributed by atoms with Gasteiger partial charge in [0.05, 0.1) is 5.69 Å². The van der Waals surface area contributed by atoms with Gasteiger partial charge in [0.15, 0.2) is 5.13 Å². The van der Waals surface area contributed by atoms with Gasteiger partial charge in [0.2, 0.25) is 5.91 Å². The van der Waals surface area contributed by atoms with Crippen molar-refractivity contribution in [1.82, 2.24) is 9.88 Å². The van der Waals surface area contributed by atoms with Crippen molar-refractivity contribution in [2.24, 2.45) is 0 Å². The molecule has 0 saturated heterocycles. The Hall–Kier alpha value is -1.10. The van der Waals surface area contributed by atoms with Crippen LogP contribution in [0, 0.1) is 0 Å². The maximum atomic E-state index is 11.7. The molecule has 0 atom stereocenters. The maximum Gasteiger partial charge on any atom is 0.222 e. The lowest BCUT2D eigenvalue weighted by Crippen LogP contribution is -2.30. The number of aryl methyl sites for hydroxylation is 1. The number of amides is 1. The fourth-order valence-electron chi connectivity index (χ4n) is 1.41. The molecule has 0 fully saturated rings. The van der Waals surface area contributed by atoms with Crippen molar-refractivity contribution in [3.05, 3.63) is 11.1 Å². The van der Waals surface area contributed by atoms with Gasteiger partial charge in [0.1, 0.15) is 0 Å². The Morgan fingerprint density at radius 2 is 2.20 bits per heavy atom. The topological polar surface area (TPSA) is 59.2 Å². The largest absolute Gasteiger partial charge is 0.375 e. The van der Waals surface area contributed by atoms with E-state index in [2.05, 4.69) is 4.98 Å². The Labute approximate surface area is 94.1 Å². The highest BCUT2D eigenvalue weighted by Gasteiger charge is 2.10. The SMILES string of the molecule is CCN(CC)C(=O)CCc1csc(N)n1. The number of rotatable bonds is 5. The number of nitrogens with zero attached hydrogens (tertiary/aromatic N) is 2. The van der Waals surface area contributed by atoms with Gasteiger partial charge in [0.25, 0.3) is 0 Å². The molecule has 1 aromatic rings. The lowest BCUT2D eigenvalue weighted by atomic mass is 10.2. The van der Waals surface area contributed by atoms with E-state index < -0.39 is 0 Å². The van der Waals surface area contributed by atoms with E-state index in [0.29, 0.717) is 18.0 Å². The first-order valence-corrected chi connectivity index (χ1v) is 6.03. The second-order valence-corrected chi connectivity index (χ2v) is 4.13. The summed E-state index contributed by atoms with van der Waals surface area (Å²) in [5, 5.41) is 2.48. The molecule has 0 aliphatic heterocycles. The first-order chi connectivity index (χ1) is 7.17. The number of aromatic nitrogens is 1. The molecule has 84 valence electrons. The van der Waals surface area contributed by atoms with E-state index >= 15 is 0 Å². The van der Waals surface area contributed by atoms with Gasteiger partial charge in [-0.1, -0.05) is 0 Å². The molecule has 0 unspecified atom stereocenters. The molecule has 0 saturated carbocycles.